The fourth-order valence-corrected chi connectivity index (χ4v) is 2.43. The average molecular weight is 306 g/mol. The molecular weight excluding hydrogens is 280 g/mol. The van der Waals surface area contributed by atoms with Crippen LogP contribution >= 0.6 is 0 Å². The maximum Gasteiger partial charge on any atom is 0.193 e. The molecule has 1 aliphatic carbocycles. The van der Waals surface area contributed by atoms with Crippen LogP contribution in [0.4, 0.5) is 5.69 Å². The van der Waals surface area contributed by atoms with Gasteiger partial charge in [-0.2, -0.15) is 0 Å². The van der Waals surface area contributed by atoms with Gasteiger partial charge in [0, 0.05) is 18.7 Å². The first kappa shape index (κ1) is 16.4. The monoisotopic (exact) mass is 306 g/mol. The van der Waals surface area contributed by atoms with Crippen LogP contribution in [0.5, 0.6) is 11.5 Å². The van der Waals surface area contributed by atoms with Gasteiger partial charge < -0.3 is 20.5 Å². The van der Waals surface area contributed by atoms with Gasteiger partial charge in [0.05, 0.1) is 26.5 Å². The topological polar surface area (TPSA) is 72.1 Å². The molecule has 6 heteroatoms. The predicted octanol–water partition coefficient (Wildman–Crippen LogP) is 1.91. The summed E-state index contributed by atoms with van der Waals surface area (Å²) in [5.41, 5.74) is 6.71. The van der Waals surface area contributed by atoms with E-state index in [0.29, 0.717) is 18.3 Å². The Morgan fingerprint density at radius 1 is 1.36 bits per heavy atom. The number of guanidine groups is 1. The Morgan fingerprint density at radius 2 is 2.14 bits per heavy atom. The van der Waals surface area contributed by atoms with Crippen molar-refractivity contribution in [3.63, 3.8) is 0 Å². The van der Waals surface area contributed by atoms with Gasteiger partial charge in [-0.05, 0) is 31.5 Å². The second-order valence-corrected chi connectivity index (χ2v) is 5.32. The molecule has 1 saturated carbocycles. The van der Waals surface area contributed by atoms with Crippen molar-refractivity contribution in [2.75, 3.05) is 39.2 Å². The van der Waals surface area contributed by atoms with Gasteiger partial charge in [-0.15, -0.1) is 0 Å². The van der Waals surface area contributed by atoms with Gasteiger partial charge in [0.1, 0.15) is 11.5 Å². The zero-order valence-electron chi connectivity index (χ0n) is 13.6. The number of hydrogen-bond acceptors (Lipinski definition) is 4. The van der Waals surface area contributed by atoms with Crippen molar-refractivity contribution in [3.8, 4) is 11.5 Å². The number of ether oxygens (including phenoxy) is 2. The van der Waals surface area contributed by atoms with Crippen LogP contribution in [0.1, 0.15) is 19.8 Å². The fraction of sp³-hybridized carbons (Fsp3) is 0.562. The van der Waals surface area contributed by atoms with Crippen LogP contribution in [-0.4, -0.2) is 50.8 Å². The summed E-state index contributed by atoms with van der Waals surface area (Å²) in [6, 6.07) is 6.27. The first-order valence-electron chi connectivity index (χ1n) is 7.71. The van der Waals surface area contributed by atoms with Crippen LogP contribution in [-0.2, 0) is 0 Å². The Bertz CT molecular complexity index is 515. The van der Waals surface area contributed by atoms with Crippen molar-refractivity contribution >= 4 is 11.6 Å². The highest BCUT2D eigenvalue weighted by atomic mass is 16.5. The van der Waals surface area contributed by atoms with E-state index in [1.807, 2.05) is 18.2 Å². The Hall–Kier alpha value is -1.95. The fourth-order valence-electron chi connectivity index (χ4n) is 2.43. The molecule has 0 unspecified atom stereocenters. The highest BCUT2D eigenvalue weighted by Crippen LogP contribution is 2.28. The van der Waals surface area contributed by atoms with Crippen LogP contribution in [0.3, 0.4) is 0 Å². The molecule has 3 N–H and O–H groups in total. The zero-order valence-corrected chi connectivity index (χ0v) is 13.6. The van der Waals surface area contributed by atoms with E-state index in [4.69, 9.17) is 15.2 Å². The summed E-state index contributed by atoms with van der Waals surface area (Å²) >= 11 is 0. The Kier molecular flexibility index (Phi) is 5.89. The van der Waals surface area contributed by atoms with Crippen LogP contribution in [0.15, 0.2) is 23.2 Å². The van der Waals surface area contributed by atoms with Crippen LogP contribution in [0, 0.1) is 0 Å². The van der Waals surface area contributed by atoms with Gasteiger partial charge in [0.15, 0.2) is 5.96 Å². The van der Waals surface area contributed by atoms with Crippen molar-refractivity contribution < 1.29 is 9.47 Å². The molecule has 0 aliphatic heterocycles. The molecule has 0 amide bonds. The number of nitrogens with zero attached hydrogens (tertiary/aromatic N) is 2. The number of methoxy groups -OCH3 is 2. The standard InChI is InChI=1S/C16H26N4O2/c1-4-20(12-5-6-12)10-9-18-16(17)19-14-11-13(21-2)7-8-15(14)22-3/h7-8,11-12H,4-6,9-10H2,1-3H3,(H3,17,18,19). The summed E-state index contributed by atoms with van der Waals surface area (Å²) in [5.74, 6) is 1.83. The SMILES string of the molecule is CCN(CCN=C(N)Nc1cc(OC)ccc1OC)C1CC1. The molecule has 1 aromatic carbocycles. The lowest BCUT2D eigenvalue weighted by atomic mass is 10.2. The first-order chi connectivity index (χ1) is 10.7. The van der Waals surface area contributed by atoms with E-state index in [9.17, 15) is 0 Å². The molecule has 0 spiro atoms. The number of anilines is 1. The van der Waals surface area contributed by atoms with Crippen molar-refractivity contribution in [2.24, 2.45) is 10.7 Å². The van der Waals surface area contributed by atoms with E-state index in [0.717, 1.165) is 30.6 Å². The third kappa shape index (κ3) is 4.53. The molecule has 0 saturated heterocycles. The minimum Gasteiger partial charge on any atom is -0.497 e. The Labute approximate surface area is 132 Å². The van der Waals surface area contributed by atoms with Gasteiger partial charge in [0.2, 0.25) is 0 Å². The number of benzene rings is 1. The Balaban J connectivity index is 1.92. The summed E-state index contributed by atoms with van der Waals surface area (Å²) in [4.78, 5) is 6.84. The summed E-state index contributed by atoms with van der Waals surface area (Å²) in [7, 11) is 3.25. The summed E-state index contributed by atoms with van der Waals surface area (Å²) in [6.07, 6.45) is 2.62. The molecule has 1 aliphatic rings. The van der Waals surface area contributed by atoms with Crippen molar-refractivity contribution in [3.05, 3.63) is 18.2 Å². The Morgan fingerprint density at radius 3 is 2.73 bits per heavy atom. The van der Waals surface area contributed by atoms with Gasteiger partial charge >= 0.3 is 0 Å². The number of rotatable bonds is 8. The molecule has 0 aromatic heterocycles. The van der Waals surface area contributed by atoms with Gasteiger partial charge in [0.25, 0.3) is 0 Å². The van der Waals surface area contributed by atoms with Gasteiger partial charge in [-0.25, -0.2) is 0 Å². The third-order valence-corrected chi connectivity index (χ3v) is 3.81. The highest BCUT2D eigenvalue weighted by molar-refractivity contribution is 5.94. The first-order valence-corrected chi connectivity index (χ1v) is 7.71. The van der Waals surface area contributed by atoms with E-state index < -0.39 is 0 Å². The lowest BCUT2D eigenvalue weighted by Crippen LogP contribution is -2.30. The van der Waals surface area contributed by atoms with Gasteiger partial charge in [-0.3, -0.25) is 9.89 Å². The summed E-state index contributed by atoms with van der Waals surface area (Å²) in [6.45, 7) is 4.89. The largest absolute Gasteiger partial charge is 0.497 e. The molecule has 6 nitrogen and oxygen atoms in total. The number of likely N-dealkylation sites (N-methyl/N-ethyl adjacent to an activating group) is 1. The lowest BCUT2D eigenvalue weighted by molar-refractivity contribution is 0.286. The number of nitrogens with one attached hydrogen (secondary N) is 1. The van der Waals surface area contributed by atoms with E-state index in [1.54, 1.807) is 14.2 Å². The second-order valence-electron chi connectivity index (χ2n) is 5.32. The second kappa shape index (κ2) is 7.89. The highest BCUT2D eigenvalue weighted by Gasteiger charge is 2.27. The molecule has 0 radical (unpaired) electrons. The smallest absolute Gasteiger partial charge is 0.193 e. The molecule has 1 aromatic rings. The van der Waals surface area contributed by atoms with E-state index in [1.165, 1.54) is 12.8 Å². The van der Waals surface area contributed by atoms with E-state index >= 15 is 0 Å². The minimum atomic E-state index is 0.387. The molecule has 0 heterocycles. The number of hydrogen-bond donors (Lipinski definition) is 2. The number of aliphatic imine (C=N–C) groups is 1. The van der Waals surface area contributed by atoms with Crippen molar-refractivity contribution in [1.82, 2.24) is 4.90 Å². The summed E-state index contributed by atoms with van der Waals surface area (Å²) in [5, 5.41) is 3.08. The molecular formula is C16H26N4O2. The van der Waals surface area contributed by atoms with Crippen LogP contribution < -0.4 is 20.5 Å². The van der Waals surface area contributed by atoms with Crippen LogP contribution in [0.25, 0.3) is 0 Å². The van der Waals surface area contributed by atoms with E-state index in [-0.39, 0.29) is 0 Å². The van der Waals surface area contributed by atoms with Crippen molar-refractivity contribution in [2.45, 2.75) is 25.8 Å². The minimum absolute atomic E-state index is 0.387. The average Bonchev–Trinajstić information content (AvgIpc) is 3.36. The molecule has 122 valence electrons. The maximum atomic E-state index is 5.96. The maximum absolute atomic E-state index is 5.96. The lowest BCUT2D eigenvalue weighted by Gasteiger charge is -2.18. The summed E-state index contributed by atoms with van der Waals surface area (Å²) < 4.78 is 10.5. The molecule has 1 fully saturated rings. The molecule has 0 bridgehead atoms. The third-order valence-electron chi connectivity index (χ3n) is 3.81. The normalized spacial score (nSPS) is 15.0. The van der Waals surface area contributed by atoms with Gasteiger partial charge in [-0.1, -0.05) is 6.92 Å². The quantitative estimate of drug-likeness (QED) is 0.567. The number of nitrogens with two attached hydrogens (primary N) is 1. The van der Waals surface area contributed by atoms with E-state index in [2.05, 4.69) is 22.1 Å². The zero-order chi connectivity index (χ0) is 15.9. The van der Waals surface area contributed by atoms with Crippen molar-refractivity contribution in [1.29, 1.82) is 0 Å². The van der Waals surface area contributed by atoms with Crippen LogP contribution in [0.2, 0.25) is 0 Å². The molecule has 0 atom stereocenters. The predicted molar refractivity (Wildman–Crippen MR) is 89.9 cm³/mol. The molecule has 2 rings (SSSR count). The molecule has 22 heavy (non-hydrogen) atoms.